The number of aromatic nitrogens is 1. The highest BCUT2D eigenvalue weighted by molar-refractivity contribution is 7.09. The molecule has 1 aromatic heterocycles. The highest BCUT2D eigenvalue weighted by Gasteiger charge is 2.21. The Morgan fingerprint density at radius 2 is 2.00 bits per heavy atom. The Bertz CT molecular complexity index is 436. The quantitative estimate of drug-likeness (QED) is 0.889. The van der Waals surface area contributed by atoms with Gasteiger partial charge < -0.3 is 10.2 Å². The summed E-state index contributed by atoms with van der Waals surface area (Å²) in [6.45, 7) is 6.59. The summed E-state index contributed by atoms with van der Waals surface area (Å²) in [4.78, 5) is 21.1. The maximum atomic E-state index is 12.3. The normalized spacial score (nSPS) is 20.9. The van der Waals surface area contributed by atoms with Crippen molar-refractivity contribution in [3.05, 3.63) is 16.1 Å². The first-order valence-electron chi connectivity index (χ1n) is 7.00. The average molecular weight is 280 g/mol. The van der Waals surface area contributed by atoms with Gasteiger partial charge >= 0.3 is 0 Å². The Morgan fingerprint density at radius 1 is 1.26 bits per heavy atom. The molecule has 0 saturated carbocycles. The van der Waals surface area contributed by atoms with Crippen LogP contribution in [0.2, 0.25) is 0 Å². The van der Waals surface area contributed by atoms with E-state index in [1.165, 1.54) is 25.9 Å². The van der Waals surface area contributed by atoms with Gasteiger partial charge in [-0.2, -0.15) is 0 Å². The minimum atomic E-state index is 0.0884. The summed E-state index contributed by atoms with van der Waals surface area (Å²) in [5.74, 6) is 0.0884. The first kappa shape index (κ1) is 13.0. The summed E-state index contributed by atoms with van der Waals surface area (Å²) in [5.41, 5.74) is 0.626. The predicted octanol–water partition coefficient (Wildman–Crippen LogP) is 0.784. The Balaban J connectivity index is 1.61. The Labute approximate surface area is 117 Å². The molecule has 0 unspecified atom stereocenters. The number of nitrogens with one attached hydrogen (secondary N) is 1. The van der Waals surface area contributed by atoms with Crippen LogP contribution in [0.3, 0.4) is 0 Å². The molecule has 3 rings (SSSR count). The lowest BCUT2D eigenvalue weighted by molar-refractivity contribution is 0.0730. The lowest BCUT2D eigenvalue weighted by Gasteiger charge is -2.26. The molecule has 0 radical (unpaired) electrons. The monoisotopic (exact) mass is 280 g/mol. The van der Waals surface area contributed by atoms with Gasteiger partial charge in [-0.05, 0) is 25.9 Å². The van der Waals surface area contributed by atoms with Gasteiger partial charge in [0.15, 0.2) is 0 Å². The number of nitrogens with zero attached hydrogens (tertiary/aromatic N) is 3. The number of hydrogen-bond donors (Lipinski definition) is 1. The first-order chi connectivity index (χ1) is 9.33. The molecule has 0 spiro atoms. The first-order valence-corrected chi connectivity index (χ1v) is 7.87. The fourth-order valence-corrected chi connectivity index (χ4v) is 3.45. The van der Waals surface area contributed by atoms with Gasteiger partial charge in [0.1, 0.15) is 10.7 Å². The molecule has 2 aliphatic rings. The van der Waals surface area contributed by atoms with E-state index >= 15 is 0 Å². The van der Waals surface area contributed by atoms with E-state index in [0.717, 1.165) is 37.7 Å². The number of hydrogen-bond acceptors (Lipinski definition) is 5. The van der Waals surface area contributed by atoms with E-state index < -0.39 is 0 Å². The van der Waals surface area contributed by atoms with Crippen LogP contribution in [-0.4, -0.2) is 60.0 Å². The van der Waals surface area contributed by atoms with E-state index in [1.807, 2.05) is 10.3 Å². The highest BCUT2D eigenvalue weighted by Crippen LogP contribution is 2.17. The second-order valence-electron chi connectivity index (χ2n) is 5.15. The lowest BCUT2D eigenvalue weighted by Crippen LogP contribution is -2.46. The van der Waals surface area contributed by atoms with Gasteiger partial charge in [-0.1, -0.05) is 0 Å². The molecule has 2 aliphatic heterocycles. The summed E-state index contributed by atoms with van der Waals surface area (Å²) in [7, 11) is 0. The largest absolute Gasteiger partial charge is 0.335 e. The van der Waals surface area contributed by atoms with Crippen LogP contribution in [0.5, 0.6) is 0 Å². The molecule has 1 aromatic rings. The molecule has 0 bridgehead atoms. The number of carbonyl (C=O) groups is 1. The molecule has 2 fully saturated rings. The number of amides is 1. The molecule has 5 nitrogen and oxygen atoms in total. The van der Waals surface area contributed by atoms with Crippen molar-refractivity contribution in [2.45, 2.75) is 19.4 Å². The van der Waals surface area contributed by atoms with Crippen molar-refractivity contribution >= 4 is 17.2 Å². The van der Waals surface area contributed by atoms with E-state index in [-0.39, 0.29) is 5.91 Å². The zero-order chi connectivity index (χ0) is 13.1. The number of thiazole rings is 1. The zero-order valence-electron chi connectivity index (χ0n) is 11.1. The molecule has 0 aromatic carbocycles. The summed E-state index contributed by atoms with van der Waals surface area (Å²) in [5, 5.41) is 6.24. The summed E-state index contributed by atoms with van der Waals surface area (Å²) >= 11 is 1.61. The molecule has 19 heavy (non-hydrogen) atoms. The second-order valence-corrected chi connectivity index (χ2v) is 6.09. The third kappa shape index (κ3) is 3.13. The van der Waals surface area contributed by atoms with Crippen LogP contribution in [0.25, 0.3) is 0 Å². The number of likely N-dealkylation sites (tertiary alicyclic amines) is 1. The molecule has 1 amide bonds. The van der Waals surface area contributed by atoms with Crippen molar-refractivity contribution in [3.63, 3.8) is 0 Å². The van der Waals surface area contributed by atoms with Gasteiger partial charge in [0.25, 0.3) is 5.91 Å². The van der Waals surface area contributed by atoms with Crippen molar-refractivity contribution in [3.8, 4) is 0 Å². The van der Waals surface area contributed by atoms with Gasteiger partial charge in [0.2, 0.25) is 0 Å². The van der Waals surface area contributed by atoms with E-state index in [0.29, 0.717) is 5.69 Å². The van der Waals surface area contributed by atoms with Crippen LogP contribution < -0.4 is 5.32 Å². The molecule has 0 atom stereocenters. The van der Waals surface area contributed by atoms with Crippen LogP contribution in [0.4, 0.5) is 0 Å². The van der Waals surface area contributed by atoms with Gasteiger partial charge in [0, 0.05) is 31.6 Å². The summed E-state index contributed by atoms with van der Waals surface area (Å²) in [6.07, 6.45) is 2.58. The van der Waals surface area contributed by atoms with Crippen molar-refractivity contribution in [2.24, 2.45) is 0 Å². The van der Waals surface area contributed by atoms with Gasteiger partial charge in [0.05, 0.1) is 6.54 Å². The van der Waals surface area contributed by atoms with E-state index in [9.17, 15) is 4.79 Å². The minimum absolute atomic E-state index is 0.0884. The molecule has 104 valence electrons. The van der Waals surface area contributed by atoms with E-state index in [1.54, 1.807) is 11.3 Å². The van der Waals surface area contributed by atoms with E-state index in [2.05, 4.69) is 15.2 Å². The SMILES string of the molecule is O=C(c1csc(CN2CCCC2)n1)N1CCNCC1. The molecule has 3 heterocycles. The maximum Gasteiger partial charge on any atom is 0.273 e. The van der Waals surface area contributed by atoms with Crippen molar-refractivity contribution in [1.82, 2.24) is 20.1 Å². The number of carbonyl (C=O) groups excluding carboxylic acids is 1. The standard InChI is InChI=1S/C13H20N4OS/c18-13(17-7-3-14-4-8-17)11-10-19-12(15-11)9-16-5-1-2-6-16/h10,14H,1-9H2. The van der Waals surface area contributed by atoms with Crippen LogP contribution in [0.15, 0.2) is 5.38 Å². The average Bonchev–Trinajstić information content (AvgIpc) is 3.11. The third-order valence-electron chi connectivity index (χ3n) is 3.73. The summed E-state index contributed by atoms with van der Waals surface area (Å²) < 4.78 is 0. The molecule has 1 N–H and O–H groups in total. The topological polar surface area (TPSA) is 48.5 Å². The van der Waals surface area contributed by atoms with E-state index in [4.69, 9.17) is 0 Å². The van der Waals surface area contributed by atoms with Gasteiger partial charge in [-0.15, -0.1) is 11.3 Å². The predicted molar refractivity (Wildman–Crippen MR) is 75.4 cm³/mol. The van der Waals surface area contributed by atoms with Gasteiger partial charge in [-0.3, -0.25) is 9.69 Å². The molecular weight excluding hydrogens is 260 g/mol. The summed E-state index contributed by atoms with van der Waals surface area (Å²) in [6, 6.07) is 0. The number of rotatable bonds is 3. The zero-order valence-corrected chi connectivity index (χ0v) is 11.9. The Hall–Kier alpha value is -0.980. The number of piperazine rings is 1. The molecule has 0 aliphatic carbocycles. The second kappa shape index (κ2) is 5.98. The van der Waals surface area contributed by atoms with Crippen LogP contribution in [0, 0.1) is 0 Å². The molecular formula is C13H20N4OS. The maximum absolute atomic E-state index is 12.3. The Kier molecular flexibility index (Phi) is 4.10. The molecule has 6 heteroatoms. The van der Waals surface area contributed by atoms with Crippen molar-refractivity contribution in [2.75, 3.05) is 39.3 Å². The van der Waals surface area contributed by atoms with Gasteiger partial charge in [-0.25, -0.2) is 4.98 Å². The smallest absolute Gasteiger partial charge is 0.273 e. The fraction of sp³-hybridized carbons (Fsp3) is 0.692. The van der Waals surface area contributed by atoms with Crippen LogP contribution in [-0.2, 0) is 6.54 Å². The fourth-order valence-electron chi connectivity index (χ4n) is 2.64. The lowest BCUT2D eigenvalue weighted by atomic mass is 10.3. The van der Waals surface area contributed by atoms with Crippen LogP contribution in [0.1, 0.15) is 28.3 Å². The minimum Gasteiger partial charge on any atom is -0.335 e. The molecule has 2 saturated heterocycles. The third-order valence-corrected chi connectivity index (χ3v) is 4.57. The van der Waals surface area contributed by atoms with Crippen molar-refractivity contribution in [1.29, 1.82) is 0 Å². The van der Waals surface area contributed by atoms with Crippen molar-refractivity contribution < 1.29 is 4.79 Å². The van der Waals surface area contributed by atoms with Crippen LogP contribution >= 0.6 is 11.3 Å². The highest BCUT2D eigenvalue weighted by atomic mass is 32.1. The Morgan fingerprint density at radius 3 is 2.74 bits per heavy atom.